The summed E-state index contributed by atoms with van der Waals surface area (Å²) in [4.78, 5) is 0. The molecule has 0 saturated heterocycles. The number of hydrogen-bond donors (Lipinski definition) is 0. The molecular weight excluding hydrogens is 528 g/mol. The lowest BCUT2D eigenvalue weighted by Crippen LogP contribution is -2.11. The molecule has 0 heterocycles. The van der Waals surface area contributed by atoms with E-state index >= 15 is 0 Å². The molecule has 0 radical (unpaired) electrons. The minimum absolute atomic E-state index is 0.130. The fraction of sp³-hybridized carbons (Fsp3) is 0.182. The van der Waals surface area contributed by atoms with Crippen LogP contribution in [0.1, 0.15) is 52.7 Å². The molecule has 0 aliphatic carbocycles. The molecule has 0 fully saturated rings. The quantitative estimate of drug-likeness (QED) is 0.160. The van der Waals surface area contributed by atoms with E-state index in [1.54, 1.807) is 0 Å². The second-order valence-corrected chi connectivity index (χ2v) is 14.2. The first-order valence-corrected chi connectivity index (χ1v) is 15.8. The van der Waals surface area contributed by atoms with Gasteiger partial charge in [-0.1, -0.05) is 169 Å². The van der Waals surface area contributed by atoms with Gasteiger partial charge in [0.1, 0.15) is 0 Å². The maximum Gasteiger partial charge on any atom is -0.00615 e. The fourth-order valence-electron chi connectivity index (χ4n) is 6.95. The zero-order chi connectivity index (χ0) is 30.6. The maximum absolute atomic E-state index is 2.38. The predicted octanol–water partition coefficient (Wildman–Crippen LogP) is 12.9. The van der Waals surface area contributed by atoms with Gasteiger partial charge < -0.3 is 0 Å². The smallest absolute Gasteiger partial charge is 0.00615 e. The number of rotatable bonds is 0. The average molecular weight is 569 g/mol. The van der Waals surface area contributed by atoms with Crippen LogP contribution >= 0.6 is 0 Å². The highest BCUT2D eigenvalue weighted by Crippen LogP contribution is 2.40. The summed E-state index contributed by atoms with van der Waals surface area (Å²) < 4.78 is 0. The van der Waals surface area contributed by atoms with E-state index in [0.717, 1.165) is 0 Å². The highest BCUT2D eigenvalue weighted by atomic mass is 14.2. The normalized spacial score (nSPS) is 12.3. The fourth-order valence-corrected chi connectivity index (χ4v) is 6.95. The molecule has 8 aromatic rings. The Balaban J connectivity index is 0.000000142. The van der Waals surface area contributed by atoms with Crippen molar-refractivity contribution in [1.29, 1.82) is 0 Å². The Bertz CT molecular complexity index is 2200. The van der Waals surface area contributed by atoms with Crippen LogP contribution in [0, 0.1) is 0 Å². The van der Waals surface area contributed by atoms with Gasteiger partial charge in [0.2, 0.25) is 0 Å². The van der Waals surface area contributed by atoms with Crippen molar-refractivity contribution >= 4 is 64.6 Å². The molecule has 0 bridgehead atoms. The summed E-state index contributed by atoms with van der Waals surface area (Å²) in [5.41, 5.74) is 3.11. The van der Waals surface area contributed by atoms with Gasteiger partial charge >= 0.3 is 0 Å². The van der Waals surface area contributed by atoms with Crippen LogP contribution in [0.3, 0.4) is 0 Å². The highest BCUT2D eigenvalue weighted by molar-refractivity contribution is 6.27. The molecule has 44 heavy (non-hydrogen) atoms. The maximum atomic E-state index is 2.38. The summed E-state index contributed by atoms with van der Waals surface area (Å²) in [5.74, 6) is 0. The number of hydrogen-bond acceptors (Lipinski definition) is 0. The summed E-state index contributed by atoms with van der Waals surface area (Å²) in [7, 11) is 0. The lowest BCUT2D eigenvalue weighted by Gasteiger charge is -2.23. The molecule has 8 aromatic carbocycles. The van der Waals surface area contributed by atoms with Gasteiger partial charge in [0, 0.05) is 0 Å². The van der Waals surface area contributed by atoms with E-state index in [2.05, 4.69) is 175 Å². The molecule has 0 aliphatic rings. The van der Waals surface area contributed by atoms with Crippen molar-refractivity contribution in [2.45, 2.75) is 52.4 Å². The molecule has 0 spiro atoms. The number of benzene rings is 8. The lowest BCUT2D eigenvalue weighted by molar-refractivity contribution is 0.591. The van der Waals surface area contributed by atoms with Gasteiger partial charge in [0.25, 0.3) is 0 Å². The zero-order valence-electron chi connectivity index (χ0n) is 26.7. The third-order valence-electron chi connectivity index (χ3n) is 9.19. The third-order valence-corrected chi connectivity index (χ3v) is 9.19. The van der Waals surface area contributed by atoms with Crippen molar-refractivity contribution < 1.29 is 0 Å². The second kappa shape index (κ2) is 10.5. The van der Waals surface area contributed by atoms with E-state index in [0.29, 0.717) is 0 Å². The second-order valence-electron chi connectivity index (χ2n) is 14.2. The molecule has 0 aliphatic heterocycles. The van der Waals surface area contributed by atoms with Gasteiger partial charge in [-0.25, -0.2) is 0 Å². The third kappa shape index (κ3) is 4.70. The Morgan fingerprint density at radius 2 is 0.636 bits per heavy atom. The van der Waals surface area contributed by atoms with Crippen LogP contribution in [0.15, 0.2) is 133 Å². The standard InChI is InChI=1S/2C22H20/c1-22(2,3)20-14-8-13-19-17-10-5-4-9-15(17)16-11-6-7-12-18(16)21(19)20;1-22(2,3)15-12-13-20-18-10-5-4-8-16(18)17-9-6-7-11-19(17)21(20)14-15/h2*4-14H,1-3H3. The van der Waals surface area contributed by atoms with E-state index in [1.165, 1.54) is 75.8 Å². The molecule has 0 amide bonds. The topological polar surface area (TPSA) is 0 Å². The van der Waals surface area contributed by atoms with Gasteiger partial charge in [-0.2, -0.15) is 0 Å². The Morgan fingerprint density at radius 1 is 0.295 bits per heavy atom. The van der Waals surface area contributed by atoms with Crippen LogP contribution in [0.5, 0.6) is 0 Å². The minimum atomic E-state index is 0.130. The van der Waals surface area contributed by atoms with Crippen LogP contribution < -0.4 is 0 Å². The van der Waals surface area contributed by atoms with Crippen LogP contribution in [0.25, 0.3) is 64.6 Å². The first-order valence-electron chi connectivity index (χ1n) is 15.8. The molecule has 0 saturated carbocycles. The van der Waals surface area contributed by atoms with Crippen molar-refractivity contribution in [3.8, 4) is 0 Å². The van der Waals surface area contributed by atoms with Gasteiger partial charge in [0.05, 0.1) is 0 Å². The first-order chi connectivity index (χ1) is 21.1. The van der Waals surface area contributed by atoms with Crippen molar-refractivity contribution in [2.75, 3.05) is 0 Å². The van der Waals surface area contributed by atoms with Crippen LogP contribution in [-0.2, 0) is 10.8 Å². The molecule has 0 nitrogen and oxygen atoms in total. The lowest BCUT2D eigenvalue weighted by atomic mass is 9.81. The van der Waals surface area contributed by atoms with E-state index in [9.17, 15) is 0 Å². The Kier molecular flexibility index (Phi) is 6.70. The molecule has 8 rings (SSSR count). The van der Waals surface area contributed by atoms with Crippen LogP contribution in [0.2, 0.25) is 0 Å². The molecule has 0 aromatic heterocycles. The summed E-state index contributed by atoms with van der Waals surface area (Å²) in [5, 5.41) is 16.3. The van der Waals surface area contributed by atoms with Gasteiger partial charge in [-0.3, -0.25) is 0 Å². The molecule has 0 heteroatoms. The Labute approximate surface area is 261 Å². The minimum Gasteiger partial charge on any atom is -0.0616 e. The van der Waals surface area contributed by atoms with Crippen LogP contribution in [0.4, 0.5) is 0 Å². The first kappa shape index (κ1) is 28.1. The van der Waals surface area contributed by atoms with Crippen molar-refractivity contribution in [1.82, 2.24) is 0 Å². The summed E-state index contributed by atoms with van der Waals surface area (Å²) in [6, 6.07) is 48.7. The summed E-state index contributed by atoms with van der Waals surface area (Å²) >= 11 is 0. The van der Waals surface area contributed by atoms with Gasteiger partial charge in [-0.05, 0) is 92.7 Å². The largest absolute Gasteiger partial charge is 0.0616 e. The van der Waals surface area contributed by atoms with E-state index < -0.39 is 0 Å². The van der Waals surface area contributed by atoms with E-state index in [4.69, 9.17) is 0 Å². The predicted molar refractivity (Wildman–Crippen MR) is 195 cm³/mol. The van der Waals surface area contributed by atoms with Crippen molar-refractivity contribution in [3.05, 3.63) is 145 Å². The SMILES string of the molecule is CC(C)(C)c1ccc2c3ccccc3c3ccccc3c2c1.CC(C)(C)c1cccc2c3ccccc3c3ccccc3c12. The number of fused-ring (bicyclic) bond motifs is 12. The molecule has 0 N–H and O–H groups in total. The molecular formula is C44H40. The highest BCUT2D eigenvalue weighted by Gasteiger charge is 2.20. The monoisotopic (exact) mass is 568 g/mol. The Hall–Kier alpha value is -4.68. The van der Waals surface area contributed by atoms with E-state index in [-0.39, 0.29) is 10.8 Å². The van der Waals surface area contributed by atoms with Gasteiger partial charge in [-0.15, -0.1) is 0 Å². The average Bonchev–Trinajstić information content (AvgIpc) is 3.04. The molecule has 0 atom stereocenters. The zero-order valence-corrected chi connectivity index (χ0v) is 26.7. The van der Waals surface area contributed by atoms with Gasteiger partial charge in [0.15, 0.2) is 0 Å². The summed E-state index contributed by atoms with van der Waals surface area (Å²) in [6.07, 6.45) is 0. The van der Waals surface area contributed by atoms with Crippen LogP contribution in [-0.4, -0.2) is 0 Å². The molecule has 216 valence electrons. The molecule has 0 unspecified atom stereocenters. The van der Waals surface area contributed by atoms with Crippen molar-refractivity contribution in [2.24, 2.45) is 0 Å². The van der Waals surface area contributed by atoms with E-state index in [1.807, 2.05) is 0 Å². The Morgan fingerprint density at radius 3 is 1.05 bits per heavy atom. The summed E-state index contributed by atoms with van der Waals surface area (Å²) in [6.45, 7) is 13.7. The van der Waals surface area contributed by atoms with Crippen molar-refractivity contribution in [3.63, 3.8) is 0 Å².